The first-order chi connectivity index (χ1) is 8.65. The van der Waals surface area contributed by atoms with E-state index in [0.29, 0.717) is 18.9 Å². The zero-order chi connectivity index (χ0) is 13.4. The van der Waals surface area contributed by atoms with E-state index in [-0.39, 0.29) is 6.10 Å². The first kappa shape index (κ1) is 15.0. The van der Waals surface area contributed by atoms with Crippen LogP contribution in [0, 0.1) is 12.8 Å². The molecule has 0 fully saturated rings. The number of ether oxygens (including phenoxy) is 1. The van der Waals surface area contributed by atoms with Gasteiger partial charge in [-0.25, -0.2) is 0 Å². The third-order valence-corrected chi connectivity index (χ3v) is 3.47. The Balaban J connectivity index is 2.25. The van der Waals surface area contributed by atoms with Gasteiger partial charge >= 0.3 is 0 Å². The quantitative estimate of drug-likeness (QED) is 0.757. The molecule has 2 nitrogen and oxygen atoms in total. The van der Waals surface area contributed by atoms with Crippen molar-refractivity contribution in [2.45, 2.75) is 52.6 Å². The van der Waals surface area contributed by atoms with Gasteiger partial charge in [0, 0.05) is 6.42 Å². The number of aryl methyl sites for hydroxylation is 1. The van der Waals surface area contributed by atoms with Crippen molar-refractivity contribution in [2.24, 2.45) is 5.92 Å². The number of aliphatic hydroxyl groups is 1. The van der Waals surface area contributed by atoms with Crippen molar-refractivity contribution in [3.63, 3.8) is 0 Å². The van der Waals surface area contributed by atoms with Crippen molar-refractivity contribution in [1.29, 1.82) is 0 Å². The summed E-state index contributed by atoms with van der Waals surface area (Å²) in [7, 11) is 0. The van der Waals surface area contributed by atoms with Gasteiger partial charge in [-0.3, -0.25) is 0 Å². The number of hydrogen-bond acceptors (Lipinski definition) is 2. The van der Waals surface area contributed by atoms with E-state index in [9.17, 15) is 5.11 Å². The SMILES string of the molecule is CCC(CC)CC(O)CCOc1cccc(C)c1. The van der Waals surface area contributed by atoms with Crippen LogP contribution in [0.5, 0.6) is 5.75 Å². The van der Waals surface area contributed by atoms with Gasteiger partial charge in [0.05, 0.1) is 12.7 Å². The summed E-state index contributed by atoms with van der Waals surface area (Å²) >= 11 is 0. The third-order valence-electron chi connectivity index (χ3n) is 3.47. The van der Waals surface area contributed by atoms with Crippen LogP contribution in [0.25, 0.3) is 0 Å². The molecule has 0 radical (unpaired) electrons. The van der Waals surface area contributed by atoms with E-state index < -0.39 is 0 Å². The molecule has 0 aliphatic heterocycles. The van der Waals surface area contributed by atoms with E-state index in [1.54, 1.807) is 0 Å². The zero-order valence-corrected chi connectivity index (χ0v) is 11.9. The van der Waals surface area contributed by atoms with Crippen LogP contribution in [-0.4, -0.2) is 17.8 Å². The second-order valence-corrected chi connectivity index (χ2v) is 5.03. The number of rotatable bonds is 8. The second kappa shape index (κ2) is 8.15. The highest BCUT2D eigenvalue weighted by Crippen LogP contribution is 2.17. The van der Waals surface area contributed by atoms with E-state index in [2.05, 4.69) is 26.8 Å². The molecule has 0 bridgehead atoms. The lowest BCUT2D eigenvalue weighted by Gasteiger charge is -2.17. The third kappa shape index (κ3) is 5.54. The molecule has 0 aliphatic rings. The molecule has 1 unspecified atom stereocenters. The van der Waals surface area contributed by atoms with E-state index in [4.69, 9.17) is 4.74 Å². The number of benzene rings is 1. The molecule has 0 aromatic heterocycles. The van der Waals surface area contributed by atoms with E-state index >= 15 is 0 Å². The summed E-state index contributed by atoms with van der Waals surface area (Å²) in [5, 5.41) is 9.93. The van der Waals surface area contributed by atoms with Crippen LogP contribution in [0.15, 0.2) is 24.3 Å². The molecule has 0 spiro atoms. The first-order valence-electron chi connectivity index (χ1n) is 7.03. The number of hydrogen-bond donors (Lipinski definition) is 1. The van der Waals surface area contributed by atoms with Gasteiger partial charge in [-0.2, -0.15) is 0 Å². The lowest BCUT2D eigenvalue weighted by molar-refractivity contribution is 0.111. The fraction of sp³-hybridized carbons (Fsp3) is 0.625. The largest absolute Gasteiger partial charge is 0.493 e. The van der Waals surface area contributed by atoms with Crippen molar-refractivity contribution >= 4 is 0 Å². The summed E-state index contributed by atoms with van der Waals surface area (Å²) in [6, 6.07) is 8.02. The van der Waals surface area contributed by atoms with E-state index in [0.717, 1.165) is 25.0 Å². The molecule has 102 valence electrons. The predicted octanol–water partition coefficient (Wildman–Crippen LogP) is 3.95. The minimum Gasteiger partial charge on any atom is -0.493 e. The molecule has 0 aliphatic carbocycles. The average molecular weight is 250 g/mol. The van der Waals surface area contributed by atoms with Gasteiger partial charge in [0.25, 0.3) is 0 Å². The van der Waals surface area contributed by atoms with Crippen LogP contribution in [0.2, 0.25) is 0 Å². The summed E-state index contributed by atoms with van der Waals surface area (Å²) in [5.41, 5.74) is 1.20. The molecule has 0 amide bonds. The molecule has 1 atom stereocenters. The van der Waals surface area contributed by atoms with Crippen molar-refractivity contribution in [3.05, 3.63) is 29.8 Å². The maximum atomic E-state index is 9.93. The van der Waals surface area contributed by atoms with Crippen LogP contribution in [0.3, 0.4) is 0 Å². The van der Waals surface area contributed by atoms with Gasteiger partial charge in [0.1, 0.15) is 5.75 Å². The molecule has 0 heterocycles. The van der Waals surface area contributed by atoms with Crippen molar-refractivity contribution < 1.29 is 9.84 Å². The van der Waals surface area contributed by atoms with Crippen LogP contribution >= 0.6 is 0 Å². The Morgan fingerprint density at radius 1 is 1.22 bits per heavy atom. The summed E-state index contributed by atoms with van der Waals surface area (Å²) in [6.07, 6.45) is 3.66. The normalized spacial score (nSPS) is 12.7. The topological polar surface area (TPSA) is 29.5 Å². The van der Waals surface area contributed by atoms with E-state index in [1.165, 1.54) is 5.56 Å². The Hall–Kier alpha value is -1.02. The van der Waals surface area contributed by atoms with Crippen molar-refractivity contribution in [2.75, 3.05) is 6.61 Å². The fourth-order valence-corrected chi connectivity index (χ4v) is 2.14. The summed E-state index contributed by atoms with van der Waals surface area (Å²) in [6.45, 7) is 7.01. The van der Waals surface area contributed by atoms with Gasteiger partial charge in [0.15, 0.2) is 0 Å². The van der Waals surface area contributed by atoms with Gasteiger partial charge in [-0.1, -0.05) is 38.8 Å². The summed E-state index contributed by atoms with van der Waals surface area (Å²) < 4.78 is 5.65. The molecular weight excluding hydrogens is 224 g/mol. The van der Waals surface area contributed by atoms with Crippen LogP contribution in [-0.2, 0) is 0 Å². The molecular formula is C16H26O2. The number of aliphatic hydroxyl groups excluding tert-OH is 1. The Bertz CT molecular complexity index is 332. The maximum absolute atomic E-state index is 9.93. The van der Waals surface area contributed by atoms with Gasteiger partial charge < -0.3 is 9.84 Å². The summed E-state index contributed by atoms with van der Waals surface area (Å²) in [5.74, 6) is 1.53. The fourth-order valence-electron chi connectivity index (χ4n) is 2.14. The molecule has 1 aromatic rings. The Morgan fingerprint density at radius 3 is 2.56 bits per heavy atom. The molecule has 1 aromatic carbocycles. The molecule has 1 N–H and O–H groups in total. The van der Waals surface area contributed by atoms with Gasteiger partial charge in [-0.05, 0) is 37.0 Å². The molecule has 2 heteroatoms. The molecule has 18 heavy (non-hydrogen) atoms. The van der Waals surface area contributed by atoms with Gasteiger partial charge in [-0.15, -0.1) is 0 Å². The van der Waals surface area contributed by atoms with Crippen LogP contribution in [0.1, 0.15) is 45.1 Å². The van der Waals surface area contributed by atoms with Crippen LogP contribution < -0.4 is 4.74 Å². The summed E-state index contributed by atoms with van der Waals surface area (Å²) in [4.78, 5) is 0. The molecule has 0 saturated carbocycles. The Morgan fingerprint density at radius 2 is 1.94 bits per heavy atom. The maximum Gasteiger partial charge on any atom is 0.119 e. The standard InChI is InChI=1S/C16H26O2/c1-4-14(5-2)12-15(17)9-10-18-16-8-6-7-13(3)11-16/h6-8,11,14-15,17H,4-5,9-10,12H2,1-3H3. The minimum atomic E-state index is -0.236. The van der Waals surface area contributed by atoms with Crippen molar-refractivity contribution in [1.82, 2.24) is 0 Å². The Labute approximate surface area is 111 Å². The monoisotopic (exact) mass is 250 g/mol. The smallest absolute Gasteiger partial charge is 0.119 e. The average Bonchev–Trinajstić information content (AvgIpc) is 2.36. The Kier molecular flexibility index (Phi) is 6.81. The molecule has 0 saturated heterocycles. The van der Waals surface area contributed by atoms with Crippen molar-refractivity contribution in [3.8, 4) is 5.75 Å². The highest BCUT2D eigenvalue weighted by atomic mass is 16.5. The first-order valence-corrected chi connectivity index (χ1v) is 7.03. The predicted molar refractivity (Wildman–Crippen MR) is 76.0 cm³/mol. The highest BCUT2D eigenvalue weighted by Gasteiger charge is 2.11. The van der Waals surface area contributed by atoms with E-state index in [1.807, 2.05) is 18.2 Å². The lowest BCUT2D eigenvalue weighted by atomic mass is 9.95. The highest BCUT2D eigenvalue weighted by molar-refractivity contribution is 5.27. The zero-order valence-electron chi connectivity index (χ0n) is 11.9. The van der Waals surface area contributed by atoms with Gasteiger partial charge in [0.2, 0.25) is 0 Å². The second-order valence-electron chi connectivity index (χ2n) is 5.03. The van der Waals surface area contributed by atoms with Crippen LogP contribution in [0.4, 0.5) is 0 Å². The minimum absolute atomic E-state index is 0.236. The molecule has 1 rings (SSSR count). The lowest BCUT2D eigenvalue weighted by Crippen LogP contribution is -2.16.